The lowest BCUT2D eigenvalue weighted by Crippen LogP contribution is -2.58. The van der Waals surface area contributed by atoms with Gasteiger partial charge in [-0.05, 0) is 7.05 Å². The van der Waals surface area contributed by atoms with Crippen molar-refractivity contribution < 1.29 is 9.59 Å². The maximum absolute atomic E-state index is 12.2. The molecule has 1 aromatic rings. The second kappa shape index (κ2) is 5.89. The molecule has 2 saturated heterocycles. The number of nitrogens with zero attached hydrogens (tertiary/aromatic N) is 4. The van der Waals surface area contributed by atoms with Crippen molar-refractivity contribution in [3.05, 3.63) is 16.9 Å². The Labute approximate surface area is 134 Å². The number of likely N-dealkylation sites (N-methyl/N-ethyl adjacent to an activating group) is 1. The van der Waals surface area contributed by atoms with Crippen molar-refractivity contribution in [1.82, 2.24) is 24.9 Å². The van der Waals surface area contributed by atoms with Gasteiger partial charge in [0.2, 0.25) is 11.8 Å². The van der Waals surface area contributed by atoms with E-state index in [-0.39, 0.29) is 30.3 Å². The van der Waals surface area contributed by atoms with Gasteiger partial charge in [0.25, 0.3) is 0 Å². The van der Waals surface area contributed by atoms with E-state index in [0.717, 1.165) is 13.1 Å². The Kier molecular flexibility index (Phi) is 4.10. The molecule has 1 aromatic heterocycles. The van der Waals surface area contributed by atoms with Gasteiger partial charge in [-0.25, -0.2) is 0 Å². The van der Waals surface area contributed by atoms with Gasteiger partial charge in [-0.15, -0.1) is 0 Å². The molecule has 0 saturated carbocycles. The number of nitrogens with one attached hydrogen (secondary N) is 1. The second-order valence-electron chi connectivity index (χ2n) is 6.14. The maximum Gasteiger partial charge on any atom is 0.225 e. The molecule has 1 unspecified atom stereocenters. The van der Waals surface area contributed by atoms with Crippen molar-refractivity contribution in [2.75, 3.05) is 26.7 Å². The first-order chi connectivity index (χ1) is 10.4. The highest BCUT2D eigenvalue weighted by Crippen LogP contribution is 2.24. The molecule has 7 nitrogen and oxygen atoms in total. The summed E-state index contributed by atoms with van der Waals surface area (Å²) < 4.78 is 1.61. The second-order valence-corrected chi connectivity index (χ2v) is 6.54. The molecular weight excluding hydrogens is 306 g/mol. The summed E-state index contributed by atoms with van der Waals surface area (Å²) in [4.78, 5) is 28.3. The lowest BCUT2D eigenvalue weighted by Gasteiger charge is -2.42. The Balaban J connectivity index is 1.53. The SMILES string of the molecule is CN1CC(N2CC(C(=O)NCc3nn(C)cc3Cl)CC2=O)C1. The van der Waals surface area contributed by atoms with Crippen molar-refractivity contribution in [2.24, 2.45) is 13.0 Å². The van der Waals surface area contributed by atoms with Gasteiger partial charge >= 0.3 is 0 Å². The minimum atomic E-state index is -0.277. The monoisotopic (exact) mass is 325 g/mol. The number of halogens is 1. The molecule has 2 aliphatic rings. The summed E-state index contributed by atoms with van der Waals surface area (Å²) in [6, 6.07) is 0.264. The Morgan fingerprint density at radius 3 is 2.73 bits per heavy atom. The predicted molar refractivity (Wildman–Crippen MR) is 81.2 cm³/mol. The third kappa shape index (κ3) is 2.96. The molecule has 0 spiro atoms. The number of hydrogen-bond acceptors (Lipinski definition) is 4. The standard InChI is InChI=1S/C14H20ClN5O2/c1-18-6-10(7-18)20-5-9(3-13(20)21)14(22)16-4-12-11(15)8-19(2)17-12/h8-10H,3-7H2,1-2H3,(H,16,22). The summed E-state index contributed by atoms with van der Waals surface area (Å²) in [5.41, 5.74) is 0.638. The third-order valence-corrected chi connectivity index (χ3v) is 4.61. The van der Waals surface area contributed by atoms with Crippen molar-refractivity contribution in [3.63, 3.8) is 0 Å². The Bertz CT molecular complexity index is 596. The van der Waals surface area contributed by atoms with Crippen molar-refractivity contribution in [1.29, 1.82) is 0 Å². The molecule has 3 heterocycles. The topological polar surface area (TPSA) is 70.5 Å². The maximum atomic E-state index is 12.2. The largest absolute Gasteiger partial charge is 0.350 e. The first-order valence-corrected chi connectivity index (χ1v) is 7.75. The van der Waals surface area contributed by atoms with Crippen LogP contribution in [0.2, 0.25) is 5.02 Å². The molecule has 0 aliphatic carbocycles. The van der Waals surface area contributed by atoms with E-state index in [2.05, 4.69) is 15.3 Å². The van der Waals surface area contributed by atoms with Crippen LogP contribution < -0.4 is 5.32 Å². The smallest absolute Gasteiger partial charge is 0.225 e. The van der Waals surface area contributed by atoms with Gasteiger partial charge in [-0.3, -0.25) is 14.3 Å². The molecule has 2 fully saturated rings. The van der Waals surface area contributed by atoms with Gasteiger partial charge in [0, 0.05) is 39.3 Å². The lowest BCUT2D eigenvalue weighted by molar-refractivity contribution is -0.132. The van der Waals surface area contributed by atoms with Crippen LogP contribution in [0, 0.1) is 5.92 Å². The summed E-state index contributed by atoms with van der Waals surface area (Å²) in [6.07, 6.45) is 1.99. The van der Waals surface area contributed by atoms with E-state index in [0.29, 0.717) is 23.7 Å². The number of amides is 2. The number of aryl methyl sites for hydroxylation is 1. The molecule has 0 aromatic carbocycles. The molecule has 2 aliphatic heterocycles. The molecule has 2 amide bonds. The van der Waals surface area contributed by atoms with E-state index in [9.17, 15) is 9.59 Å². The highest BCUT2D eigenvalue weighted by atomic mass is 35.5. The fourth-order valence-corrected chi connectivity index (χ4v) is 3.31. The molecule has 22 heavy (non-hydrogen) atoms. The Hall–Kier alpha value is -1.60. The summed E-state index contributed by atoms with van der Waals surface area (Å²) in [6.45, 7) is 2.59. The summed E-state index contributed by atoms with van der Waals surface area (Å²) in [7, 11) is 3.80. The van der Waals surface area contributed by atoms with E-state index in [1.54, 1.807) is 17.9 Å². The number of aromatic nitrogens is 2. The molecule has 3 rings (SSSR count). The van der Waals surface area contributed by atoms with Gasteiger partial charge in [0.1, 0.15) is 5.69 Å². The van der Waals surface area contributed by atoms with E-state index in [1.807, 2.05) is 11.9 Å². The molecule has 120 valence electrons. The third-order valence-electron chi connectivity index (χ3n) is 4.30. The molecule has 1 atom stereocenters. The van der Waals surface area contributed by atoms with Crippen LogP contribution in [-0.2, 0) is 23.2 Å². The summed E-state index contributed by atoms with van der Waals surface area (Å²) >= 11 is 6.01. The number of carbonyl (C=O) groups is 2. The predicted octanol–water partition coefficient (Wildman–Crippen LogP) is -0.148. The molecular formula is C14H20ClN5O2. The highest BCUT2D eigenvalue weighted by molar-refractivity contribution is 6.31. The normalized spacial score (nSPS) is 23.0. The lowest BCUT2D eigenvalue weighted by atomic mass is 10.1. The molecule has 0 bridgehead atoms. The molecule has 0 radical (unpaired) electrons. The average Bonchev–Trinajstić information content (AvgIpc) is 2.95. The van der Waals surface area contributed by atoms with Crippen molar-refractivity contribution in [2.45, 2.75) is 19.0 Å². The van der Waals surface area contributed by atoms with Gasteiger partial charge in [-0.2, -0.15) is 5.10 Å². The summed E-state index contributed by atoms with van der Waals surface area (Å²) in [5, 5.41) is 7.55. The fourth-order valence-electron chi connectivity index (χ4n) is 3.06. The molecule has 1 N–H and O–H groups in total. The van der Waals surface area contributed by atoms with Crippen LogP contribution in [0.4, 0.5) is 0 Å². The zero-order valence-electron chi connectivity index (χ0n) is 12.8. The quantitative estimate of drug-likeness (QED) is 0.836. The summed E-state index contributed by atoms with van der Waals surface area (Å²) in [5.74, 6) is -0.305. The van der Waals surface area contributed by atoms with Gasteiger partial charge < -0.3 is 15.1 Å². The zero-order chi connectivity index (χ0) is 15.9. The fraction of sp³-hybridized carbons (Fsp3) is 0.643. The van der Waals surface area contributed by atoms with E-state index in [1.165, 1.54) is 0 Å². The van der Waals surface area contributed by atoms with Crippen LogP contribution in [-0.4, -0.2) is 64.1 Å². The van der Waals surface area contributed by atoms with Crippen LogP contribution in [0.3, 0.4) is 0 Å². The number of rotatable bonds is 4. The Morgan fingerprint density at radius 2 is 2.14 bits per heavy atom. The number of hydrogen-bond donors (Lipinski definition) is 1. The van der Waals surface area contributed by atoms with E-state index >= 15 is 0 Å². The van der Waals surface area contributed by atoms with Gasteiger partial charge in [-0.1, -0.05) is 11.6 Å². The van der Waals surface area contributed by atoms with Crippen molar-refractivity contribution in [3.8, 4) is 0 Å². The van der Waals surface area contributed by atoms with E-state index in [4.69, 9.17) is 11.6 Å². The van der Waals surface area contributed by atoms with Crippen molar-refractivity contribution >= 4 is 23.4 Å². The molecule has 8 heteroatoms. The van der Waals surface area contributed by atoms with Crippen LogP contribution in [0.1, 0.15) is 12.1 Å². The van der Waals surface area contributed by atoms with Crippen LogP contribution in [0.25, 0.3) is 0 Å². The first kappa shape index (κ1) is 15.3. The minimum absolute atomic E-state index is 0.0779. The average molecular weight is 326 g/mol. The minimum Gasteiger partial charge on any atom is -0.350 e. The highest BCUT2D eigenvalue weighted by Gasteiger charge is 2.41. The number of likely N-dealkylation sites (tertiary alicyclic amines) is 2. The van der Waals surface area contributed by atoms with Gasteiger partial charge in [0.05, 0.1) is 23.5 Å². The number of carbonyl (C=O) groups excluding carboxylic acids is 2. The first-order valence-electron chi connectivity index (χ1n) is 7.37. The van der Waals surface area contributed by atoms with Crippen LogP contribution >= 0.6 is 11.6 Å². The Morgan fingerprint density at radius 1 is 1.41 bits per heavy atom. The van der Waals surface area contributed by atoms with E-state index < -0.39 is 0 Å². The zero-order valence-corrected chi connectivity index (χ0v) is 13.5. The van der Waals surface area contributed by atoms with Crippen LogP contribution in [0.15, 0.2) is 6.20 Å². The van der Waals surface area contributed by atoms with Crippen LogP contribution in [0.5, 0.6) is 0 Å². The van der Waals surface area contributed by atoms with Gasteiger partial charge in [0.15, 0.2) is 0 Å².